The lowest BCUT2D eigenvalue weighted by Gasteiger charge is -2.13. The summed E-state index contributed by atoms with van der Waals surface area (Å²) in [5, 5.41) is 11.2. The molecule has 1 amide bonds. The van der Waals surface area contributed by atoms with Gasteiger partial charge >= 0.3 is 12.1 Å². The Labute approximate surface area is 102 Å². The Bertz CT molecular complexity index is 253. The van der Waals surface area contributed by atoms with Gasteiger partial charge in [0.1, 0.15) is 6.04 Å². The number of carbonyl (C=O) groups is 2. The molecule has 17 heavy (non-hydrogen) atoms. The molecule has 0 aliphatic heterocycles. The Morgan fingerprint density at radius 2 is 2.18 bits per heavy atom. The predicted molar refractivity (Wildman–Crippen MR) is 64.9 cm³/mol. The van der Waals surface area contributed by atoms with Crippen molar-refractivity contribution in [2.45, 2.75) is 45.1 Å². The fourth-order valence-corrected chi connectivity index (χ4v) is 1.24. The number of rotatable bonds is 9. The smallest absolute Gasteiger partial charge is 0.407 e. The number of amides is 1. The minimum Gasteiger partial charge on any atom is -0.480 e. The Morgan fingerprint density at radius 3 is 2.71 bits per heavy atom. The number of hydrogen-bond donors (Lipinski definition) is 2. The quantitative estimate of drug-likeness (QED) is 0.481. The third kappa shape index (κ3) is 8.30. The number of alkyl carbamates (subject to hydrolysis) is 1. The summed E-state index contributed by atoms with van der Waals surface area (Å²) in [6, 6.07) is -0.859. The molecule has 5 nitrogen and oxygen atoms in total. The third-order valence-corrected chi connectivity index (χ3v) is 2.22. The summed E-state index contributed by atoms with van der Waals surface area (Å²) in [6.45, 7) is 5.79. The number of hydrogen-bond acceptors (Lipinski definition) is 3. The molecule has 0 aromatic carbocycles. The van der Waals surface area contributed by atoms with E-state index in [9.17, 15) is 9.59 Å². The maximum Gasteiger partial charge on any atom is 0.407 e. The largest absolute Gasteiger partial charge is 0.480 e. The second kappa shape index (κ2) is 9.69. The molecule has 0 aromatic heterocycles. The maximum atomic E-state index is 11.3. The highest BCUT2D eigenvalue weighted by Crippen LogP contribution is 2.01. The molecular weight excluding hydrogens is 222 g/mol. The minimum atomic E-state index is -1.03. The number of ether oxygens (including phenoxy) is 1. The zero-order valence-corrected chi connectivity index (χ0v) is 10.3. The zero-order chi connectivity index (χ0) is 13.1. The number of nitrogens with one attached hydrogen (secondary N) is 1. The first kappa shape index (κ1) is 15.5. The van der Waals surface area contributed by atoms with Gasteiger partial charge in [-0.25, -0.2) is 9.59 Å². The Hall–Kier alpha value is -1.52. The molecule has 1 unspecified atom stereocenters. The van der Waals surface area contributed by atoms with Crippen LogP contribution in [-0.4, -0.2) is 29.8 Å². The number of aliphatic carboxylic acids is 1. The normalized spacial score (nSPS) is 11.6. The summed E-state index contributed by atoms with van der Waals surface area (Å²) in [7, 11) is 0. The van der Waals surface area contributed by atoms with E-state index in [4.69, 9.17) is 9.84 Å². The molecule has 5 heteroatoms. The van der Waals surface area contributed by atoms with Gasteiger partial charge in [-0.3, -0.25) is 0 Å². The van der Waals surface area contributed by atoms with Crippen LogP contribution >= 0.6 is 0 Å². The highest BCUT2D eigenvalue weighted by Gasteiger charge is 2.19. The van der Waals surface area contributed by atoms with E-state index in [0.717, 1.165) is 19.3 Å². The lowest BCUT2D eigenvalue weighted by molar-refractivity contribution is -0.139. The fourth-order valence-electron chi connectivity index (χ4n) is 1.24. The fraction of sp³-hybridized carbons (Fsp3) is 0.667. The number of unbranched alkanes of at least 4 members (excludes halogenated alkanes) is 2. The summed E-state index contributed by atoms with van der Waals surface area (Å²) in [5.41, 5.74) is 0. The molecule has 0 aliphatic carbocycles. The van der Waals surface area contributed by atoms with Crippen LogP contribution in [0, 0.1) is 0 Å². The minimum absolute atomic E-state index is 0.276. The first-order chi connectivity index (χ1) is 8.11. The molecule has 0 saturated carbocycles. The van der Waals surface area contributed by atoms with Crippen molar-refractivity contribution < 1.29 is 19.4 Å². The standard InChI is InChI=1S/C12H21NO4/c1-3-5-7-9-17-12(16)13-10(11(14)15)8-6-4-2/h3,10H,1,4-9H2,2H3,(H,13,16)(H,14,15). The number of allylic oxidation sites excluding steroid dienone is 1. The van der Waals surface area contributed by atoms with Crippen LogP contribution in [0.2, 0.25) is 0 Å². The van der Waals surface area contributed by atoms with Crippen LogP contribution in [0.1, 0.15) is 39.0 Å². The number of carbonyl (C=O) groups excluding carboxylic acids is 1. The zero-order valence-electron chi connectivity index (χ0n) is 10.3. The molecule has 98 valence electrons. The van der Waals surface area contributed by atoms with E-state index in [0.29, 0.717) is 12.8 Å². The van der Waals surface area contributed by atoms with E-state index in [1.54, 1.807) is 6.08 Å². The molecule has 0 fully saturated rings. The molecular formula is C12H21NO4. The van der Waals surface area contributed by atoms with Gasteiger partial charge < -0.3 is 15.2 Å². The van der Waals surface area contributed by atoms with Crippen LogP contribution in [-0.2, 0) is 9.53 Å². The van der Waals surface area contributed by atoms with E-state index in [2.05, 4.69) is 11.9 Å². The van der Waals surface area contributed by atoms with Gasteiger partial charge in [0.15, 0.2) is 0 Å². The van der Waals surface area contributed by atoms with Gasteiger partial charge in [0, 0.05) is 0 Å². The first-order valence-electron chi connectivity index (χ1n) is 5.88. The van der Waals surface area contributed by atoms with E-state index in [1.807, 2.05) is 6.92 Å². The van der Waals surface area contributed by atoms with Gasteiger partial charge in [0.05, 0.1) is 6.61 Å². The van der Waals surface area contributed by atoms with E-state index < -0.39 is 18.1 Å². The first-order valence-corrected chi connectivity index (χ1v) is 5.88. The molecule has 0 heterocycles. The molecule has 2 N–H and O–H groups in total. The third-order valence-electron chi connectivity index (χ3n) is 2.22. The number of carboxylic acid groups (broad SMARTS) is 1. The van der Waals surface area contributed by atoms with Crippen molar-refractivity contribution in [3.05, 3.63) is 12.7 Å². The van der Waals surface area contributed by atoms with Crippen LogP contribution in [0.5, 0.6) is 0 Å². The van der Waals surface area contributed by atoms with Gasteiger partial charge in [-0.2, -0.15) is 0 Å². The Morgan fingerprint density at radius 1 is 1.47 bits per heavy atom. The van der Waals surface area contributed by atoms with Gasteiger partial charge in [-0.1, -0.05) is 25.8 Å². The summed E-state index contributed by atoms with van der Waals surface area (Å²) >= 11 is 0. The average Bonchev–Trinajstić information content (AvgIpc) is 2.29. The van der Waals surface area contributed by atoms with Crippen molar-refractivity contribution in [2.24, 2.45) is 0 Å². The van der Waals surface area contributed by atoms with Crippen molar-refractivity contribution >= 4 is 12.1 Å². The summed E-state index contributed by atoms with van der Waals surface area (Å²) in [6.07, 6.45) is 4.61. The lowest BCUT2D eigenvalue weighted by atomic mass is 10.1. The van der Waals surface area contributed by atoms with Gasteiger partial charge in [-0.15, -0.1) is 6.58 Å². The van der Waals surface area contributed by atoms with E-state index in [-0.39, 0.29) is 6.61 Å². The van der Waals surface area contributed by atoms with Crippen LogP contribution in [0.25, 0.3) is 0 Å². The second-order valence-electron chi connectivity index (χ2n) is 3.74. The SMILES string of the molecule is C=CCCCOC(=O)NC(CCCC)C(=O)O. The Kier molecular flexibility index (Phi) is 8.82. The highest BCUT2D eigenvalue weighted by molar-refractivity contribution is 5.79. The monoisotopic (exact) mass is 243 g/mol. The average molecular weight is 243 g/mol. The molecule has 0 bridgehead atoms. The maximum absolute atomic E-state index is 11.3. The van der Waals surface area contributed by atoms with Crippen molar-refractivity contribution in [2.75, 3.05) is 6.61 Å². The van der Waals surface area contributed by atoms with Crippen molar-refractivity contribution in [3.8, 4) is 0 Å². The highest BCUT2D eigenvalue weighted by atomic mass is 16.5. The second-order valence-corrected chi connectivity index (χ2v) is 3.74. The molecule has 0 saturated heterocycles. The van der Waals surface area contributed by atoms with E-state index >= 15 is 0 Å². The molecule has 0 radical (unpaired) electrons. The lowest BCUT2D eigenvalue weighted by Crippen LogP contribution is -2.41. The Balaban J connectivity index is 3.86. The molecule has 0 aliphatic rings. The molecule has 0 aromatic rings. The summed E-state index contributed by atoms with van der Waals surface area (Å²) in [5.74, 6) is -1.03. The molecule has 0 spiro atoms. The molecule has 1 atom stereocenters. The molecule has 0 rings (SSSR count). The number of carboxylic acids is 1. The van der Waals surface area contributed by atoms with Gasteiger partial charge in [-0.05, 0) is 19.3 Å². The summed E-state index contributed by atoms with van der Waals surface area (Å²) in [4.78, 5) is 22.1. The van der Waals surface area contributed by atoms with Crippen LogP contribution < -0.4 is 5.32 Å². The van der Waals surface area contributed by atoms with Crippen molar-refractivity contribution in [1.82, 2.24) is 5.32 Å². The van der Waals surface area contributed by atoms with Crippen molar-refractivity contribution in [3.63, 3.8) is 0 Å². The van der Waals surface area contributed by atoms with Crippen molar-refractivity contribution in [1.29, 1.82) is 0 Å². The van der Waals surface area contributed by atoms with Crippen LogP contribution in [0.15, 0.2) is 12.7 Å². The van der Waals surface area contributed by atoms with Crippen LogP contribution in [0.3, 0.4) is 0 Å². The van der Waals surface area contributed by atoms with Gasteiger partial charge in [0.2, 0.25) is 0 Å². The van der Waals surface area contributed by atoms with Gasteiger partial charge in [0.25, 0.3) is 0 Å². The topological polar surface area (TPSA) is 75.6 Å². The predicted octanol–water partition coefficient (Wildman–Crippen LogP) is 2.32. The summed E-state index contributed by atoms with van der Waals surface area (Å²) < 4.78 is 4.84. The van der Waals surface area contributed by atoms with E-state index in [1.165, 1.54) is 0 Å². The van der Waals surface area contributed by atoms with Crippen LogP contribution in [0.4, 0.5) is 4.79 Å².